The highest BCUT2D eigenvalue weighted by Gasteiger charge is 2.37. The molecule has 3 aromatic rings. The van der Waals surface area contributed by atoms with Crippen LogP contribution in [0.4, 0.5) is 5.69 Å². The zero-order chi connectivity index (χ0) is 17.9. The number of anilines is 1. The average Bonchev–Trinajstić information content (AvgIpc) is 2.64. The van der Waals surface area contributed by atoms with Crippen LogP contribution in [0.25, 0.3) is 0 Å². The smallest absolute Gasteiger partial charge is 0.239 e. The molecule has 0 aliphatic rings. The van der Waals surface area contributed by atoms with Crippen molar-refractivity contribution in [2.75, 3.05) is 5.32 Å². The van der Waals surface area contributed by atoms with Crippen LogP contribution in [0.2, 0.25) is 0 Å². The number of rotatable bonds is 4. The molecule has 4 heteroatoms. The van der Waals surface area contributed by atoms with Gasteiger partial charge in [0, 0.05) is 6.07 Å². The van der Waals surface area contributed by atoms with Crippen LogP contribution in [0.1, 0.15) is 18.1 Å². The van der Waals surface area contributed by atoms with Gasteiger partial charge in [-0.3, -0.25) is 4.79 Å². The molecule has 0 aliphatic carbocycles. The van der Waals surface area contributed by atoms with Crippen LogP contribution >= 0.6 is 0 Å². The quantitative estimate of drug-likeness (QED) is 0.498. The third kappa shape index (κ3) is 3.19. The molecule has 1 amide bonds. The maximum atomic E-state index is 13.2. The van der Waals surface area contributed by atoms with Crippen molar-refractivity contribution in [2.45, 2.75) is 12.3 Å². The Hall–Kier alpha value is -3.27. The minimum absolute atomic E-state index is 0.0654. The lowest BCUT2D eigenvalue weighted by Gasteiger charge is -2.29. The minimum atomic E-state index is -0.938. The lowest BCUT2D eigenvalue weighted by atomic mass is 9.75. The molecule has 0 saturated carbocycles. The Morgan fingerprint density at radius 2 is 1.36 bits per heavy atom. The van der Waals surface area contributed by atoms with E-state index in [1.807, 2.05) is 67.6 Å². The topological polar surface area (TPSA) is 69.6 Å². The van der Waals surface area contributed by atoms with Crippen molar-refractivity contribution in [3.8, 4) is 11.5 Å². The van der Waals surface area contributed by atoms with Crippen LogP contribution in [-0.2, 0) is 10.2 Å². The number of amides is 1. The number of carbonyl (C=O) groups excluding carboxylic acids is 1. The zero-order valence-corrected chi connectivity index (χ0v) is 13.8. The standard InChI is InChI=1S/C21H19NO3/c1-21(15-8-4-2-5-9-15,16-10-6-3-7-11-16)20(25)22-18-13-12-17(23)14-19(18)24/h2-14,23-24H,1H3,(H,22,25). The summed E-state index contributed by atoms with van der Waals surface area (Å²) in [4.78, 5) is 13.2. The Bertz CT molecular complexity index is 837. The van der Waals surface area contributed by atoms with Crippen molar-refractivity contribution in [1.29, 1.82) is 0 Å². The number of phenols is 2. The molecule has 0 aromatic heterocycles. The van der Waals surface area contributed by atoms with E-state index in [-0.39, 0.29) is 23.1 Å². The summed E-state index contributed by atoms with van der Waals surface area (Å²) in [6.07, 6.45) is 0. The van der Waals surface area contributed by atoms with Gasteiger partial charge in [-0.05, 0) is 30.2 Å². The van der Waals surface area contributed by atoms with Gasteiger partial charge >= 0.3 is 0 Å². The van der Waals surface area contributed by atoms with Crippen LogP contribution in [-0.4, -0.2) is 16.1 Å². The average molecular weight is 333 g/mol. The van der Waals surface area contributed by atoms with Gasteiger partial charge in [-0.15, -0.1) is 0 Å². The van der Waals surface area contributed by atoms with E-state index in [2.05, 4.69) is 5.32 Å². The molecule has 0 saturated heterocycles. The molecular formula is C21H19NO3. The Kier molecular flexibility index (Phi) is 4.44. The van der Waals surface area contributed by atoms with Gasteiger partial charge in [0.15, 0.2) is 0 Å². The van der Waals surface area contributed by atoms with Crippen molar-refractivity contribution in [3.05, 3.63) is 90.0 Å². The van der Waals surface area contributed by atoms with Crippen LogP contribution in [0.3, 0.4) is 0 Å². The highest BCUT2D eigenvalue weighted by Crippen LogP contribution is 2.35. The number of aromatic hydroxyl groups is 2. The maximum absolute atomic E-state index is 13.2. The molecule has 0 radical (unpaired) electrons. The van der Waals surface area contributed by atoms with Crippen molar-refractivity contribution in [1.82, 2.24) is 0 Å². The Morgan fingerprint density at radius 3 is 1.84 bits per heavy atom. The zero-order valence-electron chi connectivity index (χ0n) is 13.8. The predicted octanol–water partition coefficient (Wildman–Crippen LogP) is 4.04. The van der Waals surface area contributed by atoms with Crippen molar-refractivity contribution < 1.29 is 15.0 Å². The van der Waals surface area contributed by atoms with Gasteiger partial charge in [0.1, 0.15) is 11.5 Å². The van der Waals surface area contributed by atoms with Gasteiger partial charge < -0.3 is 15.5 Å². The molecule has 3 aromatic carbocycles. The van der Waals surface area contributed by atoms with Gasteiger partial charge in [0.2, 0.25) is 5.91 Å². The fraction of sp³-hybridized carbons (Fsp3) is 0.0952. The summed E-state index contributed by atoms with van der Waals surface area (Å²) < 4.78 is 0. The first kappa shape index (κ1) is 16.6. The summed E-state index contributed by atoms with van der Waals surface area (Å²) in [5.41, 5.74) is 1.00. The number of benzene rings is 3. The molecule has 126 valence electrons. The molecule has 0 aliphatic heterocycles. The molecule has 0 unspecified atom stereocenters. The van der Waals surface area contributed by atoms with Gasteiger partial charge in [-0.25, -0.2) is 0 Å². The molecule has 0 heterocycles. The van der Waals surface area contributed by atoms with Gasteiger partial charge in [0.25, 0.3) is 0 Å². The number of nitrogens with one attached hydrogen (secondary N) is 1. The molecule has 3 N–H and O–H groups in total. The third-order valence-electron chi connectivity index (χ3n) is 4.39. The number of carbonyl (C=O) groups is 1. The lowest BCUT2D eigenvalue weighted by molar-refractivity contribution is -0.119. The highest BCUT2D eigenvalue weighted by molar-refractivity contribution is 6.02. The Labute approximate surface area is 146 Å². The molecule has 25 heavy (non-hydrogen) atoms. The molecule has 0 spiro atoms. The van der Waals surface area contributed by atoms with Crippen molar-refractivity contribution in [3.63, 3.8) is 0 Å². The Balaban J connectivity index is 2.04. The molecule has 3 rings (SSSR count). The first-order valence-corrected chi connectivity index (χ1v) is 7.96. The van der Waals surface area contributed by atoms with Crippen LogP contribution < -0.4 is 5.32 Å². The van der Waals surface area contributed by atoms with Crippen molar-refractivity contribution >= 4 is 11.6 Å². The van der Waals surface area contributed by atoms with E-state index in [4.69, 9.17) is 0 Å². The summed E-state index contributed by atoms with van der Waals surface area (Å²) in [6, 6.07) is 23.1. The van der Waals surface area contributed by atoms with E-state index in [9.17, 15) is 15.0 Å². The highest BCUT2D eigenvalue weighted by atomic mass is 16.3. The van der Waals surface area contributed by atoms with E-state index in [1.165, 1.54) is 18.2 Å². The summed E-state index contributed by atoms with van der Waals surface area (Å²) >= 11 is 0. The maximum Gasteiger partial charge on any atom is 0.239 e. The molecule has 0 bridgehead atoms. The normalized spacial score (nSPS) is 11.1. The predicted molar refractivity (Wildman–Crippen MR) is 97.7 cm³/mol. The lowest BCUT2D eigenvalue weighted by Crippen LogP contribution is -2.38. The monoisotopic (exact) mass is 333 g/mol. The first-order chi connectivity index (χ1) is 12.0. The number of hydrogen-bond donors (Lipinski definition) is 3. The fourth-order valence-electron chi connectivity index (χ4n) is 2.84. The fourth-order valence-corrected chi connectivity index (χ4v) is 2.84. The second kappa shape index (κ2) is 6.69. The second-order valence-corrected chi connectivity index (χ2v) is 6.01. The van der Waals surface area contributed by atoms with E-state index < -0.39 is 5.41 Å². The van der Waals surface area contributed by atoms with Gasteiger partial charge in [-0.1, -0.05) is 60.7 Å². The van der Waals surface area contributed by atoms with Crippen LogP contribution in [0.15, 0.2) is 78.9 Å². The van der Waals surface area contributed by atoms with Gasteiger partial charge in [0.05, 0.1) is 11.1 Å². The van der Waals surface area contributed by atoms with Gasteiger partial charge in [-0.2, -0.15) is 0 Å². The van der Waals surface area contributed by atoms with Crippen molar-refractivity contribution in [2.24, 2.45) is 0 Å². The van der Waals surface area contributed by atoms with E-state index >= 15 is 0 Å². The summed E-state index contributed by atoms with van der Waals surface area (Å²) in [5.74, 6) is -0.521. The van der Waals surface area contributed by atoms with Crippen LogP contribution in [0.5, 0.6) is 11.5 Å². The molecule has 0 atom stereocenters. The summed E-state index contributed by atoms with van der Waals surface area (Å²) in [7, 11) is 0. The molecular weight excluding hydrogens is 314 g/mol. The minimum Gasteiger partial charge on any atom is -0.508 e. The van der Waals surface area contributed by atoms with E-state index in [0.717, 1.165) is 11.1 Å². The third-order valence-corrected chi connectivity index (χ3v) is 4.39. The van der Waals surface area contributed by atoms with E-state index in [1.54, 1.807) is 0 Å². The van der Waals surface area contributed by atoms with E-state index in [0.29, 0.717) is 0 Å². The van der Waals surface area contributed by atoms with Crippen LogP contribution in [0, 0.1) is 0 Å². The summed E-state index contributed by atoms with van der Waals surface area (Å²) in [6.45, 7) is 1.85. The first-order valence-electron chi connectivity index (χ1n) is 7.96. The number of hydrogen-bond acceptors (Lipinski definition) is 3. The largest absolute Gasteiger partial charge is 0.508 e. The second-order valence-electron chi connectivity index (χ2n) is 6.01. The molecule has 4 nitrogen and oxygen atoms in total. The molecule has 0 fully saturated rings. The summed E-state index contributed by atoms with van der Waals surface area (Å²) in [5, 5.41) is 22.2. The Morgan fingerprint density at radius 1 is 0.840 bits per heavy atom. The SMILES string of the molecule is CC(C(=O)Nc1ccc(O)cc1O)(c1ccccc1)c1ccccc1. The number of phenolic OH excluding ortho intramolecular Hbond substituents is 2.